The Balaban J connectivity index is 1.60. The van der Waals surface area contributed by atoms with Gasteiger partial charge in [-0.2, -0.15) is 0 Å². The number of carbonyl (C=O) groups excluding carboxylic acids is 1. The number of fused-ring (bicyclic) bond motifs is 5. The Hall–Kier alpha value is -0.670. The first-order valence-corrected chi connectivity index (χ1v) is 13.7. The zero-order valence-corrected chi connectivity index (χ0v) is 22.5. The third kappa shape index (κ3) is 3.53. The lowest BCUT2D eigenvalue weighted by Crippen LogP contribution is -2.63. The molecule has 33 heavy (non-hydrogen) atoms. The van der Waals surface area contributed by atoms with E-state index in [1.165, 1.54) is 25.7 Å². The van der Waals surface area contributed by atoms with Crippen molar-refractivity contribution in [3.05, 3.63) is 12.2 Å². The molecule has 4 aliphatic rings. The van der Waals surface area contributed by atoms with Gasteiger partial charge in [-0.1, -0.05) is 46.8 Å². The Bertz CT molecular complexity index is 811. The van der Waals surface area contributed by atoms with E-state index in [-0.39, 0.29) is 21.7 Å². The predicted octanol–water partition coefficient (Wildman–Crippen LogP) is 6.71. The summed E-state index contributed by atoms with van der Waals surface area (Å²) in [6, 6.07) is 0. The molecule has 4 aliphatic carbocycles. The SMILES string of the molecule is C=C(C)C(O)CC[C@@](C)(O)[C@@H]1CC[C@]2(C)C1CC[C@@H]1[C@]2(C)CCC2C(C)(C)C(=O)CC[C@]21C. The van der Waals surface area contributed by atoms with Crippen LogP contribution in [0.25, 0.3) is 0 Å². The fourth-order valence-corrected chi connectivity index (χ4v) is 10.1. The molecule has 9 atom stereocenters. The Morgan fingerprint density at radius 2 is 1.67 bits per heavy atom. The Labute approximate surface area is 202 Å². The van der Waals surface area contributed by atoms with Gasteiger partial charge in [-0.25, -0.2) is 0 Å². The lowest BCUT2D eigenvalue weighted by Gasteiger charge is -2.69. The lowest BCUT2D eigenvalue weighted by molar-refractivity contribution is -0.207. The van der Waals surface area contributed by atoms with Crippen LogP contribution in [0, 0.1) is 45.3 Å². The highest BCUT2D eigenvalue weighted by Crippen LogP contribution is 2.75. The van der Waals surface area contributed by atoms with Crippen molar-refractivity contribution in [2.45, 2.75) is 124 Å². The molecule has 0 spiro atoms. The number of aliphatic hydroxyl groups excluding tert-OH is 1. The molecule has 0 aromatic carbocycles. The molecule has 0 aliphatic heterocycles. The van der Waals surface area contributed by atoms with E-state index in [9.17, 15) is 15.0 Å². The first kappa shape index (κ1) is 25.4. The summed E-state index contributed by atoms with van der Waals surface area (Å²) in [7, 11) is 0. The van der Waals surface area contributed by atoms with Crippen LogP contribution in [-0.2, 0) is 4.79 Å². The first-order chi connectivity index (χ1) is 15.1. The van der Waals surface area contributed by atoms with Crippen LogP contribution in [0.3, 0.4) is 0 Å². The number of ketones is 1. The normalized spacial score (nSPS) is 47.1. The monoisotopic (exact) mass is 458 g/mol. The van der Waals surface area contributed by atoms with Gasteiger partial charge >= 0.3 is 0 Å². The van der Waals surface area contributed by atoms with Gasteiger partial charge in [0, 0.05) is 11.8 Å². The summed E-state index contributed by atoms with van der Waals surface area (Å²) in [6.45, 7) is 19.9. The molecule has 0 bridgehead atoms. The van der Waals surface area contributed by atoms with E-state index in [4.69, 9.17) is 0 Å². The van der Waals surface area contributed by atoms with Gasteiger partial charge in [0.05, 0.1) is 11.7 Å². The summed E-state index contributed by atoms with van der Waals surface area (Å²) < 4.78 is 0. The number of aliphatic hydroxyl groups is 2. The van der Waals surface area contributed by atoms with Crippen molar-refractivity contribution in [1.29, 1.82) is 0 Å². The molecule has 3 heteroatoms. The molecule has 0 radical (unpaired) electrons. The highest BCUT2D eigenvalue weighted by atomic mass is 16.3. The highest BCUT2D eigenvalue weighted by Gasteiger charge is 2.69. The van der Waals surface area contributed by atoms with Crippen LogP contribution in [0.5, 0.6) is 0 Å². The van der Waals surface area contributed by atoms with Gasteiger partial charge in [-0.15, -0.1) is 0 Å². The van der Waals surface area contributed by atoms with Gasteiger partial charge in [0.1, 0.15) is 5.78 Å². The molecule has 0 saturated heterocycles. The third-order valence-corrected chi connectivity index (χ3v) is 12.4. The van der Waals surface area contributed by atoms with Crippen LogP contribution in [0.2, 0.25) is 0 Å². The van der Waals surface area contributed by atoms with E-state index < -0.39 is 11.7 Å². The minimum Gasteiger partial charge on any atom is -0.390 e. The van der Waals surface area contributed by atoms with Crippen LogP contribution in [0.4, 0.5) is 0 Å². The Kier molecular flexibility index (Phi) is 6.10. The molecule has 3 nitrogen and oxygen atoms in total. The van der Waals surface area contributed by atoms with Crippen molar-refractivity contribution in [2.75, 3.05) is 0 Å². The van der Waals surface area contributed by atoms with Crippen LogP contribution in [0.1, 0.15) is 113 Å². The van der Waals surface area contributed by atoms with Crippen LogP contribution in [0.15, 0.2) is 12.2 Å². The minimum absolute atomic E-state index is 0.196. The zero-order valence-electron chi connectivity index (χ0n) is 22.5. The quantitative estimate of drug-likeness (QED) is 0.450. The Morgan fingerprint density at radius 3 is 2.30 bits per heavy atom. The zero-order chi connectivity index (χ0) is 24.6. The second-order valence-corrected chi connectivity index (χ2v) is 14.2. The van der Waals surface area contributed by atoms with E-state index in [1.54, 1.807) is 0 Å². The first-order valence-electron chi connectivity index (χ1n) is 13.7. The van der Waals surface area contributed by atoms with Gasteiger partial charge in [-0.05, 0) is 112 Å². The summed E-state index contributed by atoms with van der Waals surface area (Å²) in [6.07, 6.45) is 9.58. The van der Waals surface area contributed by atoms with Crippen molar-refractivity contribution < 1.29 is 15.0 Å². The molecular weight excluding hydrogens is 408 g/mol. The second kappa shape index (κ2) is 7.92. The maximum Gasteiger partial charge on any atom is 0.138 e. The molecule has 4 saturated carbocycles. The van der Waals surface area contributed by atoms with Gasteiger partial charge in [-0.3, -0.25) is 4.79 Å². The average Bonchev–Trinajstić information content (AvgIpc) is 3.08. The van der Waals surface area contributed by atoms with Crippen LogP contribution >= 0.6 is 0 Å². The molecule has 3 unspecified atom stereocenters. The fourth-order valence-electron chi connectivity index (χ4n) is 10.1. The minimum atomic E-state index is -0.748. The van der Waals surface area contributed by atoms with Crippen molar-refractivity contribution in [3.8, 4) is 0 Å². The predicted molar refractivity (Wildman–Crippen MR) is 135 cm³/mol. The summed E-state index contributed by atoms with van der Waals surface area (Å²) in [5.74, 6) is 2.46. The highest BCUT2D eigenvalue weighted by molar-refractivity contribution is 5.85. The van der Waals surface area contributed by atoms with Crippen molar-refractivity contribution in [2.24, 2.45) is 45.3 Å². The van der Waals surface area contributed by atoms with Crippen LogP contribution < -0.4 is 0 Å². The molecule has 0 heterocycles. The van der Waals surface area contributed by atoms with E-state index in [0.717, 1.165) is 31.3 Å². The topological polar surface area (TPSA) is 57.5 Å². The molecule has 0 amide bonds. The number of carbonyl (C=O) groups is 1. The molecule has 188 valence electrons. The maximum atomic E-state index is 12.9. The van der Waals surface area contributed by atoms with Gasteiger partial charge in [0.15, 0.2) is 0 Å². The summed E-state index contributed by atoms with van der Waals surface area (Å²) in [5, 5.41) is 21.9. The van der Waals surface area contributed by atoms with E-state index in [2.05, 4.69) is 41.2 Å². The van der Waals surface area contributed by atoms with Gasteiger partial charge < -0.3 is 10.2 Å². The van der Waals surface area contributed by atoms with Gasteiger partial charge in [0.25, 0.3) is 0 Å². The second-order valence-electron chi connectivity index (χ2n) is 14.2. The van der Waals surface area contributed by atoms with E-state index in [0.29, 0.717) is 42.3 Å². The molecule has 0 aromatic rings. The molecular formula is C30H50O3. The summed E-state index contributed by atoms with van der Waals surface area (Å²) in [5.41, 5.74) is 0.580. The Morgan fingerprint density at radius 1 is 1.03 bits per heavy atom. The summed E-state index contributed by atoms with van der Waals surface area (Å²) >= 11 is 0. The van der Waals surface area contributed by atoms with E-state index >= 15 is 0 Å². The number of hydrogen-bond acceptors (Lipinski definition) is 3. The van der Waals surface area contributed by atoms with Crippen molar-refractivity contribution in [1.82, 2.24) is 0 Å². The summed E-state index contributed by atoms with van der Waals surface area (Å²) in [4.78, 5) is 12.9. The van der Waals surface area contributed by atoms with E-state index in [1.807, 2.05) is 13.8 Å². The van der Waals surface area contributed by atoms with Crippen LogP contribution in [-0.4, -0.2) is 27.7 Å². The standard InChI is InChI=1S/C30H50O3/c1-19(2)22(31)12-18-30(8,33)21-11-16-28(6)20(21)9-10-24-27(5)15-14-25(32)26(3,4)23(27)13-17-29(24,28)7/h20-24,31,33H,1,9-18H2,2-8H3/t20?,21-,22?,23?,24+,27-,28-,29+,30-/m1/s1. The fraction of sp³-hybridized carbons (Fsp3) is 0.900. The number of Topliss-reactive ketones (excluding diaryl/α,β-unsaturated/α-hetero) is 1. The van der Waals surface area contributed by atoms with Gasteiger partial charge in [0.2, 0.25) is 0 Å². The number of rotatable bonds is 5. The largest absolute Gasteiger partial charge is 0.390 e. The number of hydrogen-bond donors (Lipinski definition) is 2. The maximum absolute atomic E-state index is 12.9. The lowest BCUT2D eigenvalue weighted by atomic mass is 9.35. The van der Waals surface area contributed by atoms with Crippen molar-refractivity contribution in [3.63, 3.8) is 0 Å². The molecule has 4 rings (SSSR count). The third-order valence-electron chi connectivity index (χ3n) is 12.4. The molecule has 2 N–H and O–H groups in total. The molecule has 0 aromatic heterocycles. The smallest absolute Gasteiger partial charge is 0.138 e. The average molecular weight is 459 g/mol. The molecule has 4 fully saturated rings. The van der Waals surface area contributed by atoms with Crippen molar-refractivity contribution >= 4 is 5.78 Å².